The molecule has 0 saturated carbocycles. The first kappa shape index (κ1) is 19.4. The first-order valence-corrected chi connectivity index (χ1v) is 9.22. The smallest absolute Gasteiger partial charge is 0.293 e. The number of hydrogen-bond donors (Lipinski definition) is 3. The molecule has 0 aliphatic carbocycles. The maximum atomic E-state index is 9.76. The van der Waals surface area contributed by atoms with Gasteiger partial charge in [-0.1, -0.05) is 42.5 Å². The van der Waals surface area contributed by atoms with Crippen molar-refractivity contribution in [2.24, 2.45) is 0 Å². The Morgan fingerprint density at radius 2 is 1.89 bits per heavy atom. The average Bonchev–Trinajstić information content (AvgIpc) is 3.20. The number of aromatic nitrogens is 2. The molecule has 2 aromatic carbocycles. The molecule has 0 unspecified atom stereocenters. The summed E-state index contributed by atoms with van der Waals surface area (Å²) in [7, 11) is 0. The number of benzene rings is 2. The number of aromatic amines is 1. The topological polar surface area (TPSA) is 96.3 Å². The summed E-state index contributed by atoms with van der Waals surface area (Å²) in [6.45, 7) is 4.99. The number of piperazine rings is 1. The van der Waals surface area contributed by atoms with Crippen LogP contribution in [-0.4, -0.2) is 42.8 Å². The number of nitrogen functional groups attached to an aromatic ring is 1. The maximum Gasteiger partial charge on any atom is 0.293 e. The van der Waals surface area contributed by atoms with E-state index in [-0.39, 0.29) is 0 Å². The SMILES string of the molecule is Nc1[nH]ncc1-c1cccc(N2CCNCC2)c1.O=COCc1ccccc1. The first-order valence-electron chi connectivity index (χ1n) is 9.22. The Balaban J connectivity index is 0.000000192. The molecule has 7 heteroatoms. The predicted molar refractivity (Wildman–Crippen MR) is 111 cm³/mol. The lowest BCUT2D eigenvalue weighted by atomic mass is 10.1. The Morgan fingerprint density at radius 1 is 1.11 bits per heavy atom. The fraction of sp³-hybridized carbons (Fsp3) is 0.238. The van der Waals surface area contributed by atoms with E-state index in [9.17, 15) is 4.79 Å². The van der Waals surface area contributed by atoms with E-state index >= 15 is 0 Å². The Hall–Kier alpha value is -3.32. The van der Waals surface area contributed by atoms with Gasteiger partial charge in [-0.3, -0.25) is 9.89 Å². The molecule has 1 aromatic heterocycles. The van der Waals surface area contributed by atoms with Crippen LogP contribution in [0.3, 0.4) is 0 Å². The van der Waals surface area contributed by atoms with E-state index in [1.807, 2.05) is 30.3 Å². The highest BCUT2D eigenvalue weighted by Crippen LogP contribution is 2.27. The van der Waals surface area contributed by atoms with Crippen LogP contribution < -0.4 is 16.0 Å². The number of nitrogens with zero attached hydrogens (tertiary/aromatic N) is 2. The largest absolute Gasteiger partial charge is 0.463 e. The van der Waals surface area contributed by atoms with E-state index in [0.717, 1.165) is 42.9 Å². The molecule has 4 rings (SSSR count). The van der Waals surface area contributed by atoms with Gasteiger partial charge in [-0.05, 0) is 23.3 Å². The van der Waals surface area contributed by atoms with Crippen molar-refractivity contribution in [2.75, 3.05) is 36.8 Å². The van der Waals surface area contributed by atoms with Gasteiger partial charge in [0, 0.05) is 37.4 Å². The van der Waals surface area contributed by atoms with Crippen molar-refractivity contribution in [2.45, 2.75) is 6.61 Å². The standard InChI is InChI=1S/C13H17N5.C8H8O2/c14-13-12(9-16-17-13)10-2-1-3-11(8-10)18-6-4-15-5-7-18;9-7-10-6-8-4-2-1-3-5-8/h1-3,8-9,15H,4-7H2,(H3,14,16,17);1-5,7H,6H2. The molecule has 0 spiro atoms. The number of carbonyl (C=O) groups is 1. The molecule has 28 heavy (non-hydrogen) atoms. The minimum Gasteiger partial charge on any atom is -0.463 e. The summed E-state index contributed by atoms with van der Waals surface area (Å²) in [5.74, 6) is 0.618. The normalized spacial score (nSPS) is 13.4. The van der Waals surface area contributed by atoms with Crippen molar-refractivity contribution in [1.82, 2.24) is 15.5 Å². The van der Waals surface area contributed by atoms with E-state index < -0.39 is 0 Å². The summed E-state index contributed by atoms with van der Waals surface area (Å²) in [6, 6.07) is 18.0. The Bertz CT molecular complexity index is 860. The number of nitrogens with two attached hydrogens (primary N) is 1. The third kappa shape index (κ3) is 5.34. The quantitative estimate of drug-likeness (QED) is 0.589. The van der Waals surface area contributed by atoms with Crippen molar-refractivity contribution in [3.63, 3.8) is 0 Å². The Morgan fingerprint density at radius 3 is 2.57 bits per heavy atom. The van der Waals surface area contributed by atoms with E-state index in [2.05, 4.69) is 49.4 Å². The molecule has 0 bridgehead atoms. The Labute approximate surface area is 164 Å². The minimum atomic E-state index is 0.365. The van der Waals surface area contributed by atoms with Crippen molar-refractivity contribution in [3.05, 3.63) is 66.4 Å². The van der Waals surface area contributed by atoms with Crippen molar-refractivity contribution < 1.29 is 9.53 Å². The molecule has 1 aliphatic heterocycles. The van der Waals surface area contributed by atoms with Gasteiger partial charge in [0.1, 0.15) is 12.4 Å². The lowest BCUT2D eigenvalue weighted by molar-refractivity contribution is -0.129. The van der Waals surface area contributed by atoms with Gasteiger partial charge in [-0.15, -0.1) is 0 Å². The summed E-state index contributed by atoms with van der Waals surface area (Å²) in [4.78, 5) is 12.1. The summed E-state index contributed by atoms with van der Waals surface area (Å²) in [5.41, 5.74) is 10.2. The number of rotatable bonds is 5. The van der Waals surface area contributed by atoms with Crippen molar-refractivity contribution in [1.29, 1.82) is 0 Å². The number of hydrogen-bond acceptors (Lipinski definition) is 6. The van der Waals surface area contributed by atoms with Crippen molar-refractivity contribution >= 4 is 18.0 Å². The highest BCUT2D eigenvalue weighted by molar-refractivity contribution is 5.75. The highest BCUT2D eigenvalue weighted by Gasteiger charge is 2.12. The summed E-state index contributed by atoms with van der Waals surface area (Å²) in [5, 5.41) is 10.1. The number of carbonyl (C=O) groups excluding carboxylic acids is 1. The fourth-order valence-electron chi connectivity index (χ4n) is 3.02. The molecule has 146 valence electrons. The fourth-order valence-corrected chi connectivity index (χ4v) is 3.02. The molecule has 2 heterocycles. The first-order chi connectivity index (χ1) is 13.8. The summed E-state index contributed by atoms with van der Waals surface area (Å²) in [6.07, 6.45) is 1.77. The zero-order chi connectivity index (χ0) is 19.6. The zero-order valence-electron chi connectivity index (χ0n) is 15.7. The van der Waals surface area contributed by atoms with Crippen LogP contribution >= 0.6 is 0 Å². The second-order valence-corrected chi connectivity index (χ2v) is 6.38. The third-order valence-electron chi connectivity index (χ3n) is 4.47. The molecule has 0 amide bonds. The van der Waals surface area contributed by atoms with E-state index in [1.54, 1.807) is 6.20 Å². The maximum absolute atomic E-state index is 9.76. The van der Waals surface area contributed by atoms with Crippen LogP contribution in [0, 0.1) is 0 Å². The van der Waals surface area contributed by atoms with Crippen LogP contribution in [0.2, 0.25) is 0 Å². The highest BCUT2D eigenvalue weighted by atomic mass is 16.5. The van der Waals surface area contributed by atoms with Crippen LogP contribution in [0.25, 0.3) is 11.1 Å². The number of nitrogens with one attached hydrogen (secondary N) is 2. The van der Waals surface area contributed by atoms with Gasteiger partial charge in [-0.25, -0.2) is 0 Å². The van der Waals surface area contributed by atoms with Gasteiger partial charge in [0.2, 0.25) is 0 Å². The molecule has 0 radical (unpaired) electrons. The summed E-state index contributed by atoms with van der Waals surface area (Å²) >= 11 is 0. The molecule has 7 nitrogen and oxygen atoms in total. The van der Waals surface area contributed by atoms with E-state index in [0.29, 0.717) is 18.9 Å². The second-order valence-electron chi connectivity index (χ2n) is 6.38. The average molecular weight is 379 g/mol. The Kier molecular flexibility index (Phi) is 7.03. The van der Waals surface area contributed by atoms with Gasteiger partial charge < -0.3 is 20.7 Å². The third-order valence-corrected chi connectivity index (χ3v) is 4.47. The monoisotopic (exact) mass is 379 g/mol. The van der Waals surface area contributed by atoms with Crippen LogP contribution in [0.5, 0.6) is 0 Å². The molecule has 3 aromatic rings. The molecular formula is C21H25N5O2. The van der Waals surface area contributed by atoms with Gasteiger partial charge in [0.25, 0.3) is 6.47 Å². The summed E-state index contributed by atoms with van der Waals surface area (Å²) < 4.78 is 4.54. The molecular weight excluding hydrogens is 354 g/mol. The van der Waals surface area contributed by atoms with Crippen LogP contribution in [-0.2, 0) is 16.1 Å². The molecule has 1 aliphatic rings. The van der Waals surface area contributed by atoms with Gasteiger partial charge >= 0.3 is 0 Å². The minimum absolute atomic E-state index is 0.365. The van der Waals surface area contributed by atoms with E-state index in [4.69, 9.17) is 5.73 Å². The van der Waals surface area contributed by atoms with Crippen molar-refractivity contribution in [3.8, 4) is 11.1 Å². The molecule has 4 N–H and O–H groups in total. The lowest BCUT2D eigenvalue weighted by Gasteiger charge is -2.29. The van der Waals surface area contributed by atoms with E-state index in [1.165, 1.54) is 5.69 Å². The predicted octanol–water partition coefficient (Wildman–Crippen LogP) is 2.43. The van der Waals surface area contributed by atoms with Crippen LogP contribution in [0.1, 0.15) is 5.56 Å². The second kappa shape index (κ2) is 10.1. The molecule has 1 saturated heterocycles. The molecule has 1 fully saturated rings. The lowest BCUT2D eigenvalue weighted by Crippen LogP contribution is -2.43. The van der Waals surface area contributed by atoms with Crippen LogP contribution in [0.15, 0.2) is 60.8 Å². The van der Waals surface area contributed by atoms with Crippen LogP contribution in [0.4, 0.5) is 11.5 Å². The zero-order valence-corrected chi connectivity index (χ0v) is 15.7. The van der Waals surface area contributed by atoms with Gasteiger partial charge in [0.05, 0.1) is 6.20 Å². The molecule has 0 atom stereocenters. The van der Waals surface area contributed by atoms with Gasteiger partial charge in [-0.2, -0.15) is 5.10 Å². The van der Waals surface area contributed by atoms with Gasteiger partial charge in [0.15, 0.2) is 0 Å². The number of ether oxygens (including phenoxy) is 1. The number of anilines is 2. The number of H-pyrrole nitrogens is 1.